The lowest BCUT2D eigenvalue weighted by atomic mass is 10.1. The Labute approximate surface area is 130 Å². The van der Waals surface area contributed by atoms with Crippen LogP contribution < -0.4 is 5.32 Å². The fourth-order valence-corrected chi connectivity index (χ4v) is 2.60. The Morgan fingerprint density at radius 3 is 2.30 bits per heavy atom. The van der Waals surface area contributed by atoms with Crippen LogP contribution in [0.5, 0.6) is 0 Å². The first-order valence-electron chi connectivity index (χ1n) is 6.87. The van der Waals surface area contributed by atoms with Crippen LogP contribution in [0.3, 0.4) is 0 Å². The highest BCUT2D eigenvalue weighted by Crippen LogP contribution is 2.29. The lowest BCUT2D eigenvalue weighted by Gasteiger charge is -2.16. The summed E-state index contributed by atoms with van der Waals surface area (Å²) in [4.78, 5) is 0. The van der Waals surface area contributed by atoms with Crippen molar-refractivity contribution in [1.29, 1.82) is 0 Å². The van der Waals surface area contributed by atoms with E-state index in [2.05, 4.69) is 43.4 Å². The summed E-state index contributed by atoms with van der Waals surface area (Å²) in [5.74, 6) is 0. The monoisotopic (exact) mass is 307 g/mol. The van der Waals surface area contributed by atoms with E-state index in [-0.39, 0.29) is 6.04 Å². The Morgan fingerprint density at radius 2 is 1.65 bits per heavy atom. The van der Waals surface area contributed by atoms with Crippen molar-refractivity contribution in [2.75, 3.05) is 0 Å². The van der Waals surface area contributed by atoms with Crippen LogP contribution in [0, 0.1) is 0 Å². The molecule has 3 heteroatoms. The molecular formula is C17H19Cl2N. The Balaban J connectivity index is 2.00. The minimum Gasteiger partial charge on any atom is -0.306 e. The van der Waals surface area contributed by atoms with Gasteiger partial charge in [0, 0.05) is 12.6 Å². The van der Waals surface area contributed by atoms with E-state index in [0.717, 1.165) is 18.5 Å². The van der Waals surface area contributed by atoms with E-state index in [9.17, 15) is 0 Å². The van der Waals surface area contributed by atoms with Gasteiger partial charge in [0.15, 0.2) is 0 Å². The molecule has 0 fully saturated rings. The minimum absolute atomic E-state index is 0.159. The maximum Gasteiger partial charge on any atom is 0.0639 e. The van der Waals surface area contributed by atoms with Crippen LogP contribution in [0.2, 0.25) is 10.0 Å². The molecule has 1 N–H and O–H groups in total. The molecule has 0 bridgehead atoms. The van der Waals surface area contributed by atoms with Crippen LogP contribution >= 0.6 is 23.2 Å². The number of hydrogen-bond donors (Lipinski definition) is 1. The van der Waals surface area contributed by atoms with Crippen LogP contribution in [0.4, 0.5) is 0 Å². The molecule has 20 heavy (non-hydrogen) atoms. The Kier molecular flexibility index (Phi) is 5.47. The van der Waals surface area contributed by atoms with Gasteiger partial charge in [0.05, 0.1) is 10.0 Å². The summed E-state index contributed by atoms with van der Waals surface area (Å²) in [5.41, 5.74) is 3.66. The number of halogens is 2. The van der Waals surface area contributed by atoms with Crippen LogP contribution in [0.25, 0.3) is 0 Å². The third-order valence-corrected chi connectivity index (χ3v) is 4.33. The predicted molar refractivity (Wildman–Crippen MR) is 87.5 cm³/mol. The van der Waals surface area contributed by atoms with Crippen LogP contribution in [0.15, 0.2) is 42.5 Å². The molecule has 2 rings (SSSR count). The molecule has 2 aromatic carbocycles. The average Bonchev–Trinajstić information content (AvgIpc) is 2.48. The van der Waals surface area contributed by atoms with Gasteiger partial charge in [-0.2, -0.15) is 0 Å². The Morgan fingerprint density at radius 1 is 1.00 bits per heavy atom. The van der Waals surface area contributed by atoms with E-state index in [1.807, 2.05) is 18.2 Å². The molecule has 2 aromatic rings. The number of aryl methyl sites for hydroxylation is 1. The number of benzene rings is 2. The number of nitrogens with one attached hydrogen (secondary N) is 1. The maximum atomic E-state index is 6.24. The molecule has 1 nitrogen and oxygen atoms in total. The molecular weight excluding hydrogens is 289 g/mol. The topological polar surface area (TPSA) is 12.0 Å². The molecule has 0 aromatic heterocycles. The largest absolute Gasteiger partial charge is 0.306 e. The summed E-state index contributed by atoms with van der Waals surface area (Å²) in [6.07, 6.45) is 1.07. The zero-order valence-electron chi connectivity index (χ0n) is 11.8. The molecule has 0 aliphatic rings. The summed E-state index contributed by atoms with van der Waals surface area (Å²) in [5, 5.41) is 4.71. The third kappa shape index (κ3) is 3.76. The molecule has 0 aliphatic carbocycles. The van der Waals surface area contributed by atoms with Crippen molar-refractivity contribution in [3.63, 3.8) is 0 Å². The van der Waals surface area contributed by atoms with E-state index >= 15 is 0 Å². The normalized spacial score (nSPS) is 12.4. The van der Waals surface area contributed by atoms with Gasteiger partial charge in [0.2, 0.25) is 0 Å². The highest BCUT2D eigenvalue weighted by atomic mass is 35.5. The second-order valence-corrected chi connectivity index (χ2v) is 5.70. The average molecular weight is 308 g/mol. The lowest BCUT2D eigenvalue weighted by Crippen LogP contribution is -2.18. The van der Waals surface area contributed by atoms with Crippen LogP contribution in [-0.2, 0) is 13.0 Å². The van der Waals surface area contributed by atoms with Crippen LogP contribution in [0.1, 0.15) is 36.6 Å². The molecule has 0 spiro atoms. The molecule has 0 radical (unpaired) electrons. The highest BCUT2D eigenvalue weighted by molar-refractivity contribution is 6.42. The van der Waals surface area contributed by atoms with Gasteiger partial charge in [-0.3, -0.25) is 0 Å². The van der Waals surface area contributed by atoms with Crippen LogP contribution in [-0.4, -0.2) is 0 Å². The Hall–Kier alpha value is -1.02. The molecule has 0 heterocycles. The third-order valence-electron chi connectivity index (χ3n) is 3.49. The lowest BCUT2D eigenvalue weighted by molar-refractivity contribution is 0.575. The minimum atomic E-state index is 0.159. The molecule has 0 amide bonds. The van der Waals surface area contributed by atoms with Gasteiger partial charge < -0.3 is 5.32 Å². The molecule has 1 atom stereocenters. The quantitative estimate of drug-likeness (QED) is 0.779. The summed E-state index contributed by atoms with van der Waals surface area (Å²) < 4.78 is 0. The SMILES string of the molecule is CCc1ccc(CNC(C)c2cccc(Cl)c2Cl)cc1. The Bertz CT molecular complexity index is 564. The van der Waals surface area contributed by atoms with Crippen molar-refractivity contribution in [3.05, 3.63) is 69.2 Å². The van der Waals surface area contributed by atoms with Crippen molar-refractivity contribution in [2.24, 2.45) is 0 Å². The summed E-state index contributed by atoms with van der Waals surface area (Å²) in [6.45, 7) is 5.07. The van der Waals surface area contributed by atoms with Crippen molar-refractivity contribution in [3.8, 4) is 0 Å². The molecule has 0 aliphatic heterocycles. The van der Waals surface area contributed by atoms with E-state index in [0.29, 0.717) is 10.0 Å². The van der Waals surface area contributed by atoms with E-state index < -0.39 is 0 Å². The fourth-order valence-electron chi connectivity index (χ4n) is 2.13. The second-order valence-electron chi connectivity index (χ2n) is 4.92. The predicted octanol–water partition coefficient (Wildman–Crippen LogP) is 5.41. The van der Waals surface area contributed by atoms with Gasteiger partial charge in [-0.25, -0.2) is 0 Å². The second kappa shape index (κ2) is 7.12. The first kappa shape index (κ1) is 15.4. The van der Waals surface area contributed by atoms with Gasteiger partial charge in [0.1, 0.15) is 0 Å². The zero-order valence-corrected chi connectivity index (χ0v) is 13.3. The zero-order chi connectivity index (χ0) is 14.5. The molecule has 0 saturated heterocycles. The summed E-state index contributed by atoms with van der Waals surface area (Å²) in [7, 11) is 0. The molecule has 106 valence electrons. The van der Waals surface area contributed by atoms with Crippen molar-refractivity contribution in [2.45, 2.75) is 32.9 Å². The smallest absolute Gasteiger partial charge is 0.0639 e. The van der Waals surface area contributed by atoms with Gasteiger partial charge in [-0.15, -0.1) is 0 Å². The first-order valence-corrected chi connectivity index (χ1v) is 7.62. The van der Waals surface area contributed by atoms with Crippen molar-refractivity contribution < 1.29 is 0 Å². The van der Waals surface area contributed by atoms with E-state index in [1.165, 1.54) is 11.1 Å². The van der Waals surface area contributed by atoms with Crippen molar-refractivity contribution in [1.82, 2.24) is 5.32 Å². The number of hydrogen-bond acceptors (Lipinski definition) is 1. The van der Waals surface area contributed by atoms with Gasteiger partial charge in [-0.1, -0.05) is 66.5 Å². The fraction of sp³-hybridized carbons (Fsp3) is 0.294. The maximum absolute atomic E-state index is 6.24. The van der Waals surface area contributed by atoms with Crippen molar-refractivity contribution >= 4 is 23.2 Å². The van der Waals surface area contributed by atoms with E-state index in [4.69, 9.17) is 23.2 Å². The molecule has 1 unspecified atom stereocenters. The summed E-state index contributed by atoms with van der Waals surface area (Å²) >= 11 is 12.3. The standard InChI is InChI=1S/C17H19Cl2N/c1-3-13-7-9-14(10-8-13)11-20-12(2)15-5-4-6-16(18)17(15)19/h4-10,12,20H,3,11H2,1-2H3. The number of rotatable bonds is 5. The highest BCUT2D eigenvalue weighted by Gasteiger charge is 2.11. The van der Waals surface area contributed by atoms with Gasteiger partial charge in [0.25, 0.3) is 0 Å². The molecule has 0 saturated carbocycles. The van der Waals surface area contributed by atoms with Gasteiger partial charge in [-0.05, 0) is 36.1 Å². The summed E-state index contributed by atoms with van der Waals surface area (Å²) in [6, 6.07) is 14.6. The van der Waals surface area contributed by atoms with E-state index in [1.54, 1.807) is 0 Å². The van der Waals surface area contributed by atoms with Gasteiger partial charge >= 0.3 is 0 Å². The first-order chi connectivity index (χ1) is 9.61.